The number of benzene rings is 1. The smallest absolute Gasteiger partial charge is 0.0184 e. The number of rotatable bonds is 8. The van der Waals surface area contributed by atoms with Crippen LogP contribution in [0.25, 0.3) is 0 Å². The van der Waals surface area contributed by atoms with Crippen LogP contribution in [-0.2, 0) is 6.42 Å². The standard InChI is InChI=1S/C20H31N/c1-17-9-6-7-11-19(17)10-5-3-2-4-8-13-20-14-12-18(15-20)16-21-20/h6-7,9,11,18,21H,2-5,8,10,12-16H2,1H3. The minimum atomic E-state index is 0.575. The summed E-state index contributed by atoms with van der Waals surface area (Å²) in [7, 11) is 0. The molecule has 116 valence electrons. The number of nitrogens with one attached hydrogen (secondary N) is 1. The fourth-order valence-electron chi connectivity index (χ4n) is 4.45. The Morgan fingerprint density at radius 3 is 2.62 bits per heavy atom. The predicted molar refractivity (Wildman–Crippen MR) is 90.7 cm³/mol. The first-order valence-electron chi connectivity index (χ1n) is 9.07. The second kappa shape index (κ2) is 6.96. The van der Waals surface area contributed by atoms with E-state index in [2.05, 4.69) is 36.5 Å². The fraction of sp³-hybridized carbons (Fsp3) is 0.700. The second-order valence-corrected chi connectivity index (χ2v) is 7.46. The van der Waals surface area contributed by atoms with E-state index in [0.717, 1.165) is 5.92 Å². The van der Waals surface area contributed by atoms with Crippen LogP contribution in [0.4, 0.5) is 0 Å². The van der Waals surface area contributed by atoms with Crippen LogP contribution in [0.15, 0.2) is 24.3 Å². The van der Waals surface area contributed by atoms with Gasteiger partial charge in [0.2, 0.25) is 0 Å². The van der Waals surface area contributed by atoms with Gasteiger partial charge in [0.15, 0.2) is 0 Å². The van der Waals surface area contributed by atoms with Crippen LogP contribution in [0, 0.1) is 12.8 Å². The maximum atomic E-state index is 3.80. The third-order valence-corrected chi connectivity index (χ3v) is 5.84. The monoisotopic (exact) mass is 285 g/mol. The molecule has 2 aliphatic rings. The number of aryl methyl sites for hydroxylation is 2. The van der Waals surface area contributed by atoms with Crippen molar-refractivity contribution < 1.29 is 0 Å². The molecule has 3 rings (SSSR count). The van der Waals surface area contributed by atoms with E-state index in [1.807, 2.05) is 0 Å². The van der Waals surface area contributed by atoms with E-state index in [9.17, 15) is 0 Å². The average Bonchev–Trinajstić information content (AvgIpc) is 3.09. The molecule has 1 heteroatoms. The highest BCUT2D eigenvalue weighted by atomic mass is 15.0. The molecule has 1 aliphatic heterocycles. The summed E-state index contributed by atoms with van der Waals surface area (Å²) >= 11 is 0. The lowest BCUT2D eigenvalue weighted by atomic mass is 9.91. The zero-order valence-corrected chi connectivity index (χ0v) is 13.7. The molecule has 2 atom stereocenters. The Kier molecular flexibility index (Phi) is 5.00. The van der Waals surface area contributed by atoms with Crippen LogP contribution in [0.1, 0.15) is 68.9 Å². The van der Waals surface area contributed by atoms with E-state index < -0.39 is 0 Å². The number of unbranched alkanes of at least 4 members (excludes halogenated alkanes) is 4. The first-order valence-corrected chi connectivity index (χ1v) is 9.07. The molecule has 1 saturated heterocycles. The third-order valence-electron chi connectivity index (χ3n) is 5.84. The Morgan fingerprint density at radius 2 is 1.90 bits per heavy atom. The first-order chi connectivity index (χ1) is 10.3. The molecule has 1 heterocycles. The van der Waals surface area contributed by atoms with Crippen molar-refractivity contribution in [3.63, 3.8) is 0 Å². The summed E-state index contributed by atoms with van der Waals surface area (Å²) in [6.45, 7) is 3.54. The highest BCUT2D eigenvalue weighted by molar-refractivity contribution is 5.25. The molecule has 2 unspecified atom stereocenters. The van der Waals surface area contributed by atoms with Crippen molar-refractivity contribution in [1.82, 2.24) is 5.32 Å². The predicted octanol–water partition coefficient (Wildman–Crippen LogP) is 5.02. The van der Waals surface area contributed by atoms with Gasteiger partial charge in [0.05, 0.1) is 0 Å². The third kappa shape index (κ3) is 3.88. The van der Waals surface area contributed by atoms with Gasteiger partial charge < -0.3 is 5.32 Å². The van der Waals surface area contributed by atoms with Gasteiger partial charge in [-0.15, -0.1) is 0 Å². The molecular formula is C20H31N. The Hall–Kier alpha value is -0.820. The number of hydrogen-bond acceptors (Lipinski definition) is 1. The molecular weight excluding hydrogens is 254 g/mol. The Labute approximate surface area is 130 Å². The van der Waals surface area contributed by atoms with Gasteiger partial charge in [0.25, 0.3) is 0 Å². The summed E-state index contributed by atoms with van der Waals surface area (Å²) in [5, 5.41) is 3.80. The van der Waals surface area contributed by atoms with Gasteiger partial charge in [-0.05, 0) is 69.0 Å². The number of fused-ring (bicyclic) bond motifs is 2. The van der Waals surface area contributed by atoms with Crippen LogP contribution in [0.3, 0.4) is 0 Å². The molecule has 0 radical (unpaired) electrons. The Balaban J connectivity index is 1.25. The maximum absolute atomic E-state index is 3.80. The molecule has 2 fully saturated rings. The van der Waals surface area contributed by atoms with Gasteiger partial charge in [-0.2, -0.15) is 0 Å². The number of hydrogen-bond donors (Lipinski definition) is 1. The summed E-state index contributed by atoms with van der Waals surface area (Å²) in [5.74, 6) is 1.01. The molecule has 1 nitrogen and oxygen atoms in total. The lowest BCUT2D eigenvalue weighted by Gasteiger charge is -2.27. The molecule has 0 amide bonds. The molecule has 0 spiro atoms. The summed E-state index contributed by atoms with van der Waals surface area (Å²) in [5.41, 5.74) is 3.58. The van der Waals surface area contributed by atoms with Crippen molar-refractivity contribution in [2.75, 3.05) is 6.54 Å². The summed E-state index contributed by atoms with van der Waals surface area (Å²) in [6, 6.07) is 8.84. The van der Waals surface area contributed by atoms with Gasteiger partial charge >= 0.3 is 0 Å². The highest BCUT2D eigenvalue weighted by Crippen LogP contribution is 2.42. The van der Waals surface area contributed by atoms with E-state index in [0.29, 0.717) is 5.54 Å². The molecule has 1 aromatic carbocycles. The zero-order chi connectivity index (χ0) is 14.5. The van der Waals surface area contributed by atoms with Gasteiger partial charge in [-0.25, -0.2) is 0 Å². The van der Waals surface area contributed by atoms with Crippen molar-refractivity contribution in [3.05, 3.63) is 35.4 Å². The highest BCUT2D eigenvalue weighted by Gasteiger charge is 2.43. The van der Waals surface area contributed by atoms with Crippen molar-refractivity contribution >= 4 is 0 Å². The van der Waals surface area contributed by atoms with Crippen LogP contribution >= 0.6 is 0 Å². The molecule has 21 heavy (non-hydrogen) atoms. The van der Waals surface area contributed by atoms with Crippen LogP contribution in [0.2, 0.25) is 0 Å². The summed E-state index contributed by atoms with van der Waals surface area (Å²) in [4.78, 5) is 0. The lowest BCUT2D eigenvalue weighted by molar-refractivity contribution is 0.325. The van der Waals surface area contributed by atoms with E-state index in [4.69, 9.17) is 0 Å². The minimum absolute atomic E-state index is 0.575. The quantitative estimate of drug-likeness (QED) is 0.661. The normalized spacial score (nSPS) is 27.4. The first kappa shape index (κ1) is 15.1. The van der Waals surface area contributed by atoms with Crippen molar-refractivity contribution in [2.24, 2.45) is 5.92 Å². The van der Waals surface area contributed by atoms with E-state index >= 15 is 0 Å². The van der Waals surface area contributed by atoms with Gasteiger partial charge in [-0.1, -0.05) is 49.9 Å². The van der Waals surface area contributed by atoms with Crippen molar-refractivity contribution in [1.29, 1.82) is 0 Å². The molecule has 2 bridgehead atoms. The summed E-state index contributed by atoms with van der Waals surface area (Å²) in [6.07, 6.45) is 14.2. The number of piperidine rings is 1. The molecule has 1 aliphatic carbocycles. The maximum Gasteiger partial charge on any atom is 0.0184 e. The van der Waals surface area contributed by atoms with Gasteiger partial charge in [-0.3, -0.25) is 0 Å². The second-order valence-electron chi connectivity index (χ2n) is 7.46. The molecule has 1 aromatic rings. The molecule has 1 saturated carbocycles. The SMILES string of the molecule is Cc1ccccc1CCCCCCCC12CCC(CN1)C2. The minimum Gasteiger partial charge on any atom is -0.311 e. The van der Waals surface area contributed by atoms with Gasteiger partial charge in [0, 0.05) is 5.54 Å². The molecule has 0 aromatic heterocycles. The van der Waals surface area contributed by atoms with Crippen molar-refractivity contribution in [3.8, 4) is 0 Å². The fourth-order valence-corrected chi connectivity index (χ4v) is 4.45. The van der Waals surface area contributed by atoms with Crippen LogP contribution < -0.4 is 5.32 Å². The van der Waals surface area contributed by atoms with E-state index in [1.54, 1.807) is 5.56 Å². The van der Waals surface area contributed by atoms with Crippen molar-refractivity contribution in [2.45, 2.75) is 76.7 Å². The zero-order valence-electron chi connectivity index (χ0n) is 13.7. The lowest BCUT2D eigenvalue weighted by Crippen LogP contribution is -2.39. The van der Waals surface area contributed by atoms with E-state index in [-0.39, 0.29) is 0 Å². The van der Waals surface area contributed by atoms with E-state index in [1.165, 1.54) is 76.3 Å². The Morgan fingerprint density at radius 1 is 1.10 bits per heavy atom. The molecule has 1 N–H and O–H groups in total. The topological polar surface area (TPSA) is 12.0 Å². The summed E-state index contributed by atoms with van der Waals surface area (Å²) < 4.78 is 0. The largest absolute Gasteiger partial charge is 0.311 e. The van der Waals surface area contributed by atoms with Crippen LogP contribution in [0.5, 0.6) is 0 Å². The Bertz CT molecular complexity index is 443. The average molecular weight is 285 g/mol. The van der Waals surface area contributed by atoms with Gasteiger partial charge in [0.1, 0.15) is 0 Å². The van der Waals surface area contributed by atoms with Crippen LogP contribution in [-0.4, -0.2) is 12.1 Å².